The Balaban J connectivity index is 2.16. The molecule has 1 aromatic rings. The molecule has 1 N–H and O–H groups in total. The van der Waals surface area contributed by atoms with Crippen molar-refractivity contribution in [3.05, 3.63) is 28.1 Å². The van der Waals surface area contributed by atoms with E-state index in [1.54, 1.807) is 6.08 Å². The highest BCUT2D eigenvalue weighted by molar-refractivity contribution is 7.10. The number of hydrogen-bond donors (Lipinski definition) is 1. The van der Waals surface area contributed by atoms with Crippen LogP contribution in [0.1, 0.15) is 4.88 Å². The highest BCUT2D eigenvalue weighted by Gasteiger charge is 2.35. The largest absolute Gasteiger partial charge is 0.468 e. The fourth-order valence-corrected chi connectivity index (χ4v) is 2.08. The first-order chi connectivity index (χ1) is 8.61. The second-order valence-electron chi connectivity index (χ2n) is 3.47. The highest BCUT2D eigenvalue weighted by atomic mass is 32.1. The van der Waals surface area contributed by atoms with Gasteiger partial charge in [0.25, 0.3) is 5.91 Å². The number of nitrogens with zero attached hydrogens (tertiary/aromatic N) is 1. The lowest BCUT2D eigenvalue weighted by molar-refractivity contribution is -0.143. The first-order valence-electron chi connectivity index (χ1n) is 5.06. The number of imide groups is 1. The molecule has 2 rings (SSSR count). The Hall–Kier alpha value is -2.15. The van der Waals surface area contributed by atoms with E-state index in [1.165, 1.54) is 18.4 Å². The number of methoxy groups -OCH3 is 1. The summed E-state index contributed by atoms with van der Waals surface area (Å²) in [5, 5.41) is 4.28. The second-order valence-corrected chi connectivity index (χ2v) is 4.45. The monoisotopic (exact) mass is 266 g/mol. The highest BCUT2D eigenvalue weighted by Crippen LogP contribution is 2.17. The maximum atomic E-state index is 11.9. The Bertz CT molecular complexity index is 521. The van der Waals surface area contributed by atoms with Crippen molar-refractivity contribution in [3.63, 3.8) is 0 Å². The Kier molecular flexibility index (Phi) is 3.42. The van der Waals surface area contributed by atoms with E-state index in [0.29, 0.717) is 0 Å². The summed E-state index contributed by atoms with van der Waals surface area (Å²) in [4.78, 5) is 36.1. The van der Waals surface area contributed by atoms with Gasteiger partial charge in [0.2, 0.25) is 0 Å². The molecule has 0 spiro atoms. The van der Waals surface area contributed by atoms with Crippen LogP contribution in [0.15, 0.2) is 23.2 Å². The van der Waals surface area contributed by atoms with Crippen molar-refractivity contribution >= 4 is 35.3 Å². The zero-order valence-corrected chi connectivity index (χ0v) is 10.3. The summed E-state index contributed by atoms with van der Waals surface area (Å²) in [5.41, 5.74) is 0.159. The number of thiophene rings is 1. The van der Waals surface area contributed by atoms with Gasteiger partial charge < -0.3 is 10.1 Å². The minimum Gasteiger partial charge on any atom is -0.468 e. The number of urea groups is 1. The SMILES string of the molecule is COC(=O)CN1C(=O)NC(=Cc2cccs2)C1=O. The maximum Gasteiger partial charge on any atom is 0.329 e. The van der Waals surface area contributed by atoms with Gasteiger partial charge in [0.15, 0.2) is 0 Å². The molecule has 1 saturated heterocycles. The molecular weight excluding hydrogens is 256 g/mol. The van der Waals surface area contributed by atoms with Gasteiger partial charge >= 0.3 is 12.0 Å². The van der Waals surface area contributed by atoms with Gasteiger partial charge in [-0.3, -0.25) is 9.59 Å². The van der Waals surface area contributed by atoms with Crippen LogP contribution < -0.4 is 5.32 Å². The van der Waals surface area contributed by atoms with Crippen molar-refractivity contribution in [2.45, 2.75) is 0 Å². The van der Waals surface area contributed by atoms with Crippen molar-refractivity contribution in [1.82, 2.24) is 10.2 Å². The van der Waals surface area contributed by atoms with Crippen molar-refractivity contribution < 1.29 is 19.1 Å². The predicted octanol–water partition coefficient (Wildman–Crippen LogP) is 0.814. The van der Waals surface area contributed by atoms with Crippen LogP contribution in [0.4, 0.5) is 4.79 Å². The van der Waals surface area contributed by atoms with Crippen molar-refractivity contribution in [2.75, 3.05) is 13.7 Å². The third-order valence-corrected chi connectivity index (χ3v) is 3.13. The predicted molar refractivity (Wildman–Crippen MR) is 64.6 cm³/mol. The average Bonchev–Trinajstić information content (AvgIpc) is 2.94. The number of esters is 1. The van der Waals surface area contributed by atoms with Crippen molar-refractivity contribution in [3.8, 4) is 0 Å². The van der Waals surface area contributed by atoms with Gasteiger partial charge in [-0.05, 0) is 17.5 Å². The second kappa shape index (κ2) is 5.01. The summed E-state index contributed by atoms with van der Waals surface area (Å²) in [7, 11) is 1.20. The normalized spacial score (nSPS) is 17.2. The van der Waals surface area contributed by atoms with Crippen LogP contribution in [-0.4, -0.2) is 36.5 Å². The van der Waals surface area contributed by atoms with Gasteiger partial charge in [0.1, 0.15) is 12.2 Å². The molecule has 0 atom stereocenters. The average molecular weight is 266 g/mol. The molecule has 0 aromatic carbocycles. The Morgan fingerprint density at radius 1 is 1.56 bits per heavy atom. The molecule has 3 amide bonds. The van der Waals surface area contributed by atoms with Crippen LogP contribution in [0.3, 0.4) is 0 Å². The Morgan fingerprint density at radius 3 is 2.94 bits per heavy atom. The molecule has 2 heterocycles. The van der Waals surface area contributed by atoms with Gasteiger partial charge in [0.05, 0.1) is 7.11 Å². The number of hydrogen-bond acceptors (Lipinski definition) is 5. The Labute approximate surface area is 107 Å². The molecule has 1 fully saturated rings. The van der Waals surface area contributed by atoms with E-state index in [9.17, 15) is 14.4 Å². The van der Waals surface area contributed by atoms with Gasteiger partial charge in [-0.15, -0.1) is 11.3 Å². The first-order valence-corrected chi connectivity index (χ1v) is 5.94. The summed E-state index contributed by atoms with van der Waals surface area (Å²) in [5.74, 6) is -1.17. The van der Waals surface area contributed by atoms with Gasteiger partial charge in [-0.1, -0.05) is 6.07 Å². The lowest BCUT2D eigenvalue weighted by Gasteiger charge is -2.08. The molecule has 0 saturated carbocycles. The molecule has 0 unspecified atom stereocenters. The molecule has 1 aromatic heterocycles. The molecule has 7 heteroatoms. The lowest BCUT2D eigenvalue weighted by Crippen LogP contribution is -2.36. The van der Waals surface area contributed by atoms with E-state index in [-0.39, 0.29) is 12.2 Å². The van der Waals surface area contributed by atoms with E-state index in [4.69, 9.17) is 0 Å². The number of rotatable bonds is 3. The third kappa shape index (κ3) is 2.40. The summed E-state index contributed by atoms with van der Waals surface area (Å²) in [6.45, 7) is -0.386. The summed E-state index contributed by atoms with van der Waals surface area (Å²) in [6, 6.07) is 3.04. The smallest absolute Gasteiger partial charge is 0.329 e. The van der Waals surface area contributed by atoms with E-state index < -0.39 is 17.9 Å². The molecule has 6 nitrogen and oxygen atoms in total. The van der Waals surface area contributed by atoms with Crippen LogP contribution in [0.25, 0.3) is 6.08 Å². The number of carbonyl (C=O) groups is 3. The minimum absolute atomic E-state index is 0.159. The zero-order chi connectivity index (χ0) is 13.1. The van der Waals surface area contributed by atoms with Crippen molar-refractivity contribution in [2.24, 2.45) is 0 Å². The van der Waals surface area contributed by atoms with Crippen LogP contribution in [0.5, 0.6) is 0 Å². The molecule has 1 aliphatic rings. The maximum absolute atomic E-state index is 11.9. The van der Waals surface area contributed by atoms with E-state index in [1.807, 2.05) is 17.5 Å². The number of nitrogens with one attached hydrogen (secondary N) is 1. The zero-order valence-electron chi connectivity index (χ0n) is 9.50. The van der Waals surface area contributed by atoms with Crippen LogP contribution in [-0.2, 0) is 14.3 Å². The molecule has 94 valence electrons. The minimum atomic E-state index is -0.643. The van der Waals surface area contributed by atoms with Crippen LogP contribution in [0, 0.1) is 0 Å². The lowest BCUT2D eigenvalue weighted by atomic mass is 10.3. The molecule has 18 heavy (non-hydrogen) atoms. The van der Waals surface area contributed by atoms with E-state index in [0.717, 1.165) is 9.78 Å². The topological polar surface area (TPSA) is 75.7 Å². The molecule has 0 bridgehead atoms. The number of carbonyl (C=O) groups excluding carboxylic acids is 3. The van der Waals surface area contributed by atoms with E-state index >= 15 is 0 Å². The Morgan fingerprint density at radius 2 is 2.33 bits per heavy atom. The van der Waals surface area contributed by atoms with Crippen LogP contribution >= 0.6 is 11.3 Å². The third-order valence-electron chi connectivity index (χ3n) is 2.31. The first kappa shape index (κ1) is 12.3. The standard InChI is InChI=1S/C11H10N2O4S/c1-17-9(14)6-13-10(15)8(12-11(13)16)5-7-3-2-4-18-7/h2-5H,6H2,1H3,(H,12,16). The van der Waals surface area contributed by atoms with Crippen LogP contribution in [0.2, 0.25) is 0 Å². The van der Waals surface area contributed by atoms with Crippen molar-refractivity contribution in [1.29, 1.82) is 0 Å². The fourth-order valence-electron chi connectivity index (χ4n) is 1.42. The summed E-state index contributed by atoms with van der Waals surface area (Å²) < 4.78 is 4.42. The van der Waals surface area contributed by atoms with Gasteiger partial charge in [-0.2, -0.15) is 0 Å². The fraction of sp³-hybridized carbons (Fsp3) is 0.182. The number of amides is 3. The number of ether oxygens (including phenoxy) is 1. The van der Waals surface area contributed by atoms with Gasteiger partial charge in [-0.25, -0.2) is 9.69 Å². The molecular formula is C11H10N2O4S. The van der Waals surface area contributed by atoms with E-state index in [2.05, 4.69) is 10.1 Å². The molecule has 1 aliphatic heterocycles. The summed E-state index contributed by atoms with van der Waals surface area (Å²) >= 11 is 1.44. The molecule has 0 radical (unpaired) electrons. The summed E-state index contributed by atoms with van der Waals surface area (Å²) in [6.07, 6.45) is 1.57. The van der Waals surface area contributed by atoms with Gasteiger partial charge in [0, 0.05) is 4.88 Å². The molecule has 0 aliphatic carbocycles. The quantitative estimate of drug-likeness (QED) is 0.499.